The molecule has 1 aromatic heterocycles. The summed E-state index contributed by atoms with van der Waals surface area (Å²) < 4.78 is 1.23. The van der Waals surface area contributed by atoms with Crippen LogP contribution in [0.5, 0.6) is 0 Å². The number of hydrogen-bond donors (Lipinski definition) is 1. The van der Waals surface area contributed by atoms with Crippen molar-refractivity contribution < 1.29 is 0 Å². The normalized spacial score (nSPS) is 24.6. The average Bonchev–Trinajstić information content (AvgIpc) is 2.83. The Labute approximate surface area is 130 Å². The van der Waals surface area contributed by atoms with Gasteiger partial charge >= 0.3 is 0 Å². The van der Waals surface area contributed by atoms with Gasteiger partial charge in [0.05, 0.1) is 3.79 Å². The van der Waals surface area contributed by atoms with Gasteiger partial charge in [-0.05, 0) is 65.1 Å². The van der Waals surface area contributed by atoms with E-state index in [9.17, 15) is 0 Å². The van der Waals surface area contributed by atoms with Gasteiger partial charge in [0, 0.05) is 17.5 Å². The van der Waals surface area contributed by atoms with Crippen LogP contribution in [0.3, 0.4) is 0 Å². The van der Waals surface area contributed by atoms with E-state index in [1.807, 2.05) is 11.3 Å². The maximum atomic E-state index is 3.73. The largest absolute Gasteiger partial charge is 0.309 e. The summed E-state index contributed by atoms with van der Waals surface area (Å²) in [6.07, 6.45) is 6.79. The molecule has 19 heavy (non-hydrogen) atoms. The summed E-state index contributed by atoms with van der Waals surface area (Å²) in [6, 6.07) is 5.08. The van der Waals surface area contributed by atoms with Gasteiger partial charge in [-0.2, -0.15) is 0 Å². The van der Waals surface area contributed by atoms with E-state index >= 15 is 0 Å². The highest BCUT2D eigenvalue weighted by atomic mass is 79.9. The first-order valence-corrected chi connectivity index (χ1v) is 9.10. The predicted octanol–water partition coefficient (Wildman–Crippen LogP) is 5.60. The van der Waals surface area contributed by atoms with Crippen LogP contribution in [-0.2, 0) is 6.54 Å². The zero-order chi connectivity index (χ0) is 13.9. The van der Waals surface area contributed by atoms with Crippen molar-refractivity contribution in [2.75, 3.05) is 0 Å². The molecule has 0 radical (unpaired) electrons. The van der Waals surface area contributed by atoms with Gasteiger partial charge in [0.15, 0.2) is 0 Å². The molecule has 0 atom stereocenters. The van der Waals surface area contributed by atoms with Gasteiger partial charge in [-0.25, -0.2) is 0 Å². The molecule has 1 heterocycles. The second kappa shape index (κ2) is 6.73. The summed E-state index contributed by atoms with van der Waals surface area (Å²) in [6.45, 7) is 8.24. The van der Waals surface area contributed by atoms with Crippen LogP contribution in [0, 0.1) is 11.3 Å². The van der Waals surface area contributed by atoms with Crippen LogP contribution in [0.2, 0.25) is 0 Å². The van der Waals surface area contributed by atoms with Gasteiger partial charge in [0.1, 0.15) is 0 Å². The first-order chi connectivity index (χ1) is 9.01. The molecule has 0 amide bonds. The molecule has 0 aromatic carbocycles. The fourth-order valence-electron chi connectivity index (χ4n) is 3.06. The molecule has 2 rings (SSSR count). The molecular formula is C16H26BrNS. The maximum absolute atomic E-state index is 3.73. The molecular weight excluding hydrogens is 318 g/mol. The molecule has 1 aliphatic carbocycles. The molecule has 1 fully saturated rings. The molecule has 1 aliphatic rings. The van der Waals surface area contributed by atoms with Crippen molar-refractivity contribution in [3.05, 3.63) is 20.8 Å². The van der Waals surface area contributed by atoms with Crippen LogP contribution in [0.1, 0.15) is 57.8 Å². The molecule has 0 bridgehead atoms. The third-order valence-electron chi connectivity index (χ3n) is 4.94. The summed E-state index contributed by atoms with van der Waals surface area (Å²) in [5.74, 6) is 0.923. The lowest BCUT2D eigenvalue weighted by Crippen LogP contribution is -2.36. The van der Waals surface area contributed by atoms with Crippen molar-refractivity contribution in [3.8, 4) is 0 Å². The molecule has 1 saturated carbocycles. The van der Waals surface area contributed by atoms with E-state index in [4.69, 9.17) is 0 Å². The van der Waals surface area contributed by atoms with Gasteiger partial charge in [0.2, 0.25) is 0 Å². The van der Waals surface area contributed by atoms with Crippen molar-refractivity contribution in [2.24, 2.45) is 11.3 Å². The lowest BCUT2D eigenvalue weighted by atomic mass is 9.69. The third-order valence-corrected chi connectivity index (χ3v) is 6.56. The third kappa shape index (κ3) is 4.30. The lowest BCUT2D eigenvalue weighted by Gasteiger charge is -2.39. The molecule has 0 saturated heterocycles. The fourth-order valence-corrected chi connectivity index (χ4v) is 4.49. The first kappa shape index (κ1) is 15.5. The molecule has 1 nitrogen and oxygen atoms in total. The zero-order valence-electron chi connectivity index (χ0n) is 12.3. The Morgan fingerprint density at radius 2 is 1.95 bits per heavy atom. The van der Waals surface area contributed by atoms with Crippen molar-refractivity contribution >= 4 is 27.3 Å². The summed E-state index contributed by atoms with van der Waals surface area (Å²) in [5, 5.41) is 3.73. The van der Waals surface area contributed by atoms with E-state index in [1.165, 1.54) is 40.8 Å². The van der Waals surface area contributed by atoms with E-state index in [-0.39, 0.29) is 0 Å². The number of nitrogens with one attached hydrogen (secondary N) is 1. The highest BCUT2D eigenvalue weighted by Gasteiger charge is 2.31. The highest BCUT2D eigenvalue weighted by molar-refractivity contribution is 9.11. The predicted molar refractivity (Wildman–Crippen MR) is 88.7 cm³/mol. The van der Waals surface area contributed by atoms with Crippen molar-refractivity contribution in [3.63, 3.8) is 0 Å². The van der Waals surface area contributed by atoms with Gasteiger partial charge < -0.3 is 5.32 Å². The Morgan fingerprint density at radius 1 is 1.26 bits per heavy atom. The number of halogens is 1. The van der Waals surface area contributed by atoms with Crippen molar-refractivity contribution in [1.82, 2.24) is 5.32 Å². The van der Waals surface area contributed by atoms with Crippen LogP contribution < -0.4 is 5.32 Å². The van der Waals surface area contributed by atoms with Crippen LogP contribution in [0.4, 0.5) is 0 Å². The topological polar surface area (TPSA) is 12.0 Å². The molecule has 108 valence electrons. The van der Waals surface area contributed by atoms with Crippen molar-refractivity contribution in [1.29, 1.82) is 0 Å². The Morgan fingerprint density at radius 3 is 2.47 bits per heavy atom. The van der Waals surface area contributed by atoms with E-state index < -0.39 is 0 Å². The molecule has 1 aromatic rings. The number of rotatable bonds is 5. The van der Waals surface area contributed by atoms with Gasteiger partial charge in [-0.1, -0.05) is 27.2 Å². The minimum atomic E-state index is 0.531. The monoisotopic (exact) mass is 343 g/mol. The van der Waals surface area contributed by atoms with E-state index in [0.29, 0.717) is 5.41 Å². The van der Waals surface area contributed by atoms with Crippen LogP contribution in [-0.4, -0.2) is 6.04 Å². The Kier molecular flexibility index (Phi) is 5.50. The van der Waals surface area contributed by atoms with Gasteiger partial charge in [-0.15, -0.1) is 11.3 Å². The molecule has 1 N–H and O–H groups in total. The Bertz CT molecular complexity index is 391. The standard InChI is InChI=1S/C16H26BrNS/c1-4-16(2,3)12-5-7-13(8-6-12)18-11-14-9-10-15(17)19-14/h9-10,12-13,18H,4-8,11H2,1-3H3. The molecule has 0 spiro atoms. The second-order valence-corrected chi connectivity index (χ2v) is 9.02. The van der Waals surface area contributed by atoms with E-state index in [1.54, 1.807) is 0 Å². The summed E-state index contributed by atoms with van der Waals surface area (Å²) in [7, 11) is 0. The quantitative estimate of drug-likeness (QED) is 0.734. The maximum Gasteiger partial charge on any atom is 0.0701 e. The SMILES string of the molecule is CCC(C)(C)C1CCC(NCc2ccc(Br)s2)CC1. The molecule has 0 unspecified atom stereocenters. The smallest absolute Gasteiger partial charge is 0.0701 e. The van der Waals surface area contributed by atoms with Crippen LogP contribution >= 0.6 is 27.3 Å². The lowest BCUT2D eigenvalue weighted by molar-refractivity contribution is 0.137. The minimum absolute atomic E-state index is 0.531. The summed E-state index contributed by atoms with van der Waals surface area (Å²) in [5.41, 5.74) is 0.531. The molecule has 0 aliphatic heterocycles. The van der Waals surface area contributed by atoms with Crippen LogP contribution in [0.25, 0.3) is 0 Å². The second-order valence-electron chi connectivity index (χ2n) is 6.48. The highest BCUT2D eigenvalue weighted by Crippen LogP contribution is 2.40. The Hall–Kier alpha value is 0.140. The zero-order valence-corrected chi connectivity index (χ0v) is 14.7. The fraction of sp³-hybridized carbons (Fsp3) is 0.750. The Balaban J connectivity index is 1.74. The average molecular weight is 344 g/mol. The molecule has 3 heteroatoms. The number of hydrogen-bond acceptors (Lipinski definition) is 2. The van der Waals surface area contributed by atoms with Gasteiger partial charge in [-0.3, -0.25) is 0 Å². The minimum Gasteiger partial charge on any atom is -0.309 e. The van der Waals surface area contributed by atoms with E-state index in [0.717, 1.165) is 18.5 Å². The first-order valence-electron chi connectivity index (χ1n) is 7.49. The number of thiophene rings is 1. The van der Waals surface area contributed by atoms with Crippen LogP contribution in [0.15, 0.2) is 15.9 Å². The van der Waals surface area contributed by atoms with E-state index in [2.05, 4.69) is 54.2 Å². The van der Waals surface area contributed by atoms with Crippen molar-refractivity contribution in [2.45, 2.75) is 65.5 Å². The summed E-state index contributed by atoms with van der Waals surface area (Å²) >= 11 is 5.37. The summed E-state index contributed by atoms with van der Waals surface area (Å²) in [4.78, 5) is 1.43. The van der Waals surface area contributed by atoms with Gasteiger partial charge in [0.25, 0.3) is 0 Å².